The summed E-state index contributed by atoms with van der Waals surface area (Å²) >= 11 is 3.50. The first-order valence-corrected chi connectivity index (χ1v) is 13.1. The summed E-state index contributed by atoms with van der Waals surface area (Å²) in [4.78, 5) is 39.3. The highest BCUT2D eigenvalue weighted by Crippen LogP contribution is 2.38. The van der Waals surface area contributed by atoms with E-state index >= 15 is 0 Å². The number of hydrogen-bond donors (Lipinski definition) is 1. The number of carbonyl (C=O) groups is 3. The Morgan fingerprint density at radius 1 is 0.850 bits per heavy atom. The summed E-state index contributed by atoms with van der Waals surface area (Å²) in [6.45, 7) is 2.66. The van der Waals surface area contributed by atoms with Crippen LogP contribution in [0.15, 0.2) is 70.7 Å². The molecule has 0 saturated carbocycles. The van der Waals surface area contributed by atoms with Crippen LogP contribution in [0.25, 0.3) is 6.08 Å². The summed E-state index contributed by atoms with van der Waals surface area (Å²) in [6, 6.07) is 16.1. The smallest absolute Gasteiger partial charge is 0.335 e. The third-order valence-corrected chi connectivity index (χ3v) is 6.30. The number of carbonyl (C=O) groups excluding carboxylic acids is 3. The molecule has 1 aliphatic rings. The van der Waals surface area contributed by atoms with Gasteiger partial charge >= 0.3 is 6.03 Å². The van der Waals surface area contributed by atoms with E-state index < -0.39 is 17.8 Å². The average molecular weight is 611 g/mol. The third-order valence-electron chi connectivity index (χ3n) is 5.71. The van der Waals surface area contributed by atoms with E-state index in [4.69, 9.17) is 23.7 Å². The second-order valence-corrected chi connectivity index (χ2v) is 9.15. The van der Waals surface area contributed by atoms with Gasteiger partial charge in [-0.2, -0.15) is 0 Å². The first kappa shape index (κ1) is 28.5. The average Bonchev–Trinajstić information content (AvgIpc) is 2.95. The molecule has 0 radical (unpaired) electrons. The summed E-state index contributed by atoms with van der Waals surface area (Å²) in [5, 5.41) is 2.22. The number of methoxy groups -OCH3 is 2. The quantitative estimate of drug-likeness (QED) is 0.184. The molecule has 1 aliphatic heterocycles. The van der Waals surface area contributed by atoms with Gasteiger partial charge in [0.05, 0.1) is 31.0 Å². The molecule has 1 saturated heterocycles. The lowest BCUT2D eigenvalue weighted by Gasteiger charge is -2.26. The van der Waals surface area contributed by atoms with Gasteiger partial charge in [0.1, 0.15) is 36.0 Å². The zero-order chi connectivity index (χ0) is 28.6. The van der Waals surface area contributed by atoms with E-state index in [-0.39, 0.29) is 24.5 Å². The second-order valence-electron chi connectivity index (χ2n) is 8.29. The zero-order valence-electron chi connectivity index (χ0n) is 22.1. The molecule has 3 aromatic rings. The molecule has 3 aromatic carbocycles. The van der Waals surface area contributed by atoms with E-state index in [1.165, 1.54) is 13.2 Å². The number of imide groups is 2. The Morgan fingerprint density at radius 2 is 1.55 bits per heavy atom. The number of rotatable bonds is 11. The lowest BCUT2D eigenvalue weighted by atomic mass is 10.1. The van der Waals surface area contributed by atoms with Crippen molar-refractivity contribution in [2.75, 3.05) is 38.9 Å². The van der Waals surface area contributed by atoms with E-state index in [0.29, 0.717) is 45.4 Å². The van der Waals surface area contributed by atoms with E-state index in [9.17, 15) is 14.4 Å². The largest absolute Gasteiger partial charge is 0.497 e. The Kier molecular flexibility index (Phi) is 9.28. The van der Waals surface area contributed by atoms with E-state index in [1.54, 1.807) is 49.6 Å². The number of benzene rings is 3. The highest BCUT2D eigenvalue weighted by molar-refractivity contribution is 9.10. The molecule has 1 heterocycles. The Morgan fingerprint density at radius 3 is 2.25 bits per heavy atom. The first-order chi connectivity index (χ1) is 19.3. The summed E-state index contributed by atoms with van der Waals surface area (Å²) in [5.41, 5.74) is 0.556. The fourth-order valence-electron chi connectivity index (χ4n) is 3.86. The Bertz CT molecular complexity index is 1440. The van der Waals surface area contributed by atoms with Crippen LogP contribution in [0.3, 0.4) is 0 Å². The van der Waals surface area contributed by atoms with Crippen LogP contribution in [0.4, 0.5) is 10.5 Å². The van der Waals surface area contributed by atoms with Crippen LogP contribution in [0.2, 0.25) is 0 Å². The fourth-order valence-corrected chi connectivity index (χ4v) is 4.43. The van der Waals surface area contributed by atoms with Gasteiger partial charge in [-0.1, -0.05) is 6.07 Å². The number of urea groups is 1. The molecule has 0 atom stereocenters. The van der Waals surface area contributed by atoms with Crippen molar-refractivity contribution in [3.63, 3.8) is 0 Å². The molecule has 0 aromatic heterocycles. The molecular weight excluding hydrogens is 584 g/mol. The molecular formula is C29H27BrN2O8. The summed E-state index contributed by atoms with van der Waals surface area (Å²) in [7, 11) is 3.09. The van der Waals surface area contributed by atoms with Gasteiger partial charge in [-0.05, 0) is 83.0 Å². The van der Waals surface area contributed by atoms with Crippen LogP contribution >= 0.6 is 15.9 Å². The minimum atomic E-state index is -0.839. The molecule has 1 fully saturated rings. The van der Waals surface area contributed by atoms with Crippen LogP contribution in [-0.4, -0.2) is 51.9 Å². The molecule has 0 aliphatic carbocycles. The SMILES string of the molecule is CCOc1cc(C=C2C(=O)NC(=O)N(c3ccc(OC)cc3)C2=O)cc(Br)c1OCCOc1cccc(OC)c1. The summed E-state index contributed by atoms with van der Waals surface area (Å²) in [6.07, 6.45) is 1.39. The van der Waals surface area contributed by atoms with Crippen molar-refractivity contribution in [2.24, 2.45) is 0 Å². The third kappa shape index (κ3) is 6.55. The van der Waals surface area contributed by atoms with Crippen molar-refractivity contribution in [1.29, 1.82) is 0 Å². The van der Waals surface area contributed by atoms with Gasteiger partial charge in [0.15, 0.2) is 11.5 Å². The van der Waals surface area contributed by atoms with Gasteiger partial charge in [0.2, 0.25) is 0 Å². The fraction of sp³-hybridized carbons (Fsp3) is 0.207. The van der Waals surface area contributed by atoms with Crippen molar-refractivity contribution in [1.82, 2.24) is 5.32 Å². The number of nitrogens with one attached hydrogen (secondary N) is 1. The van der Waals surface area contributed by atoms with Gasteiger partial charge < -0.3 is 23.7 Å². The molecule has 40 heavy (non-hydrogen) atoms. The van der Waals surface area contributed by atoms with Crippen molar-refractivity contribution in [2.45, 2.75) is 6.92 Å². The lowest BCUT2D eigenvalue weighted by Crippen LogP contribution is -2.54. The number of ether oxygens (including phenoxy) is 5. The number of halogens is 1. The van der Waals surface area contributed by atoms with Gasteiger partial charge in [-0.3, -0.25) is 14.9 Å². The lowest BCUT2D eigenvalue weighted by molar-refractivity contribution is -0.122. The number of amides is 4. The van der Waals surface area contributed by atoms with E-state index in [2.05, 4.69) is 21.2 Å². The topological polar surface area (TPSA) is 113 Å². The number of anilines is 1. The van der Waals surface area contributed by atoms with E-state index in [0.717, 1.165) is 4.90 Å². The Balaban J connectivity index is 1.53. The second kappa shape index (κ2) is 13.0. The molecule has 0 spiro atoms. The maximum atomic E-state index is 13.3. The zero-order valence-corrected chi connectivity index (χ0v) is 23.6. The summed E-state index contributed by atoms with van der Waals surface area (Å²) in [5.74, 6) is 1.16. The predicted molar refractivity (Wildman–Crippen MR) is 151 cm³/mol. The van der Waals surface area contributed by atoms with Crippen LogP contribution in [-0.2, 0) is 9.59 Å². The van der Waals surface area contributed by atoms with Gasteiger partial charge in [0.25, 0.3) is 11.8 Å². The maximum Gasteiger partial charge on any atom is 0.335 e. The van der Waals surface area contributed by atoms with Crippen molar-refractivity contribution in [3.8, 4) is 28.7 Å². The minimum absolute atomic E-state index is 0.217. The molecule has 4 amide bonds. The molecule has 0 unspecified atom stereocenters. The monoisotopic (exact) mass is 610 g/mol. The summed E-state index contributed by atoms with van der Waals surface area (Å²) < 4.78 is 28.3. The number of barbiturate groups is 1. The first-order valence-electron chi connectivity index (χ1n) is 12.3. The number of nitrogens with zero attached hydrogens (tertiary/aromatic N) is 1. The maximum absolute atomic E-state index is 13.3. The van der Waals surface area contributed by atoms with Gasteiger partial charge in [-0.15, -0.1) is 0 Å². The molecule has 11 heteroatoms. The van der Waals surface area contributed by atoms with Crippen molar-refractivity contribution >= 4 is 45.5 Å². The van der Waals surface area contributed by atoms with Crippen molar-refractivity contribution < 1.29 is 38.1 Å². The van der Waals surface area contributed by atoms with Crippen LogP contribution in [0, 0.1) is 0 Å². The standard InChI is InChI=1S/C29H27BrN2O8/c1-4-38-25-16-18(15-24(30)26(25)40-13-12-39-22-7-5-6-21(17-22)37-3)14-23-27(33)31-29(35)32(28(23)34)19-8-10-20(36-2)11-9-19/h5-11,14-17H,4,12-13H2,1-3H3,(H,31,33,35). The van der Waals surface area contributed by atoms with Crippen LogP contribution in [0.1, 0.15) is 12.5 Å². The Labute approximate surface area is 239 Å². The van der Waals surface area contributed by atoms with Gasteiger partial charge in [0, 0.05) is 6.07 Å². The molecule has 208 valence electrons. The molecule has 0 bridgehead atoms. The molecule has 4 rings (SSSR count). The van der Waals surface area contributed by atoms with Crippen molar-refractivity contribution in [3.05, 3.63) is 76.3 Å². The van der Waals surface area contributed by atoms with Crippen LogP contribution < -0.4 is 33.9 Å². The highest BCUT2D eigenvalue weighted by atomic mass is 79.9. The van der Waals surface area contributed by atoms with Gasteiger partial charge in [-0.25, -0.2) is 9.69 Å². The minimum Gasteiger partial charge on any atom is -0.497 e. The Hall–Kier alpha value is -4.51. The van der Waals surface area contributed by atoms with E-state index in [1.807, 2.05) is 25.1 Å². The molecule has 1 N–H and O–H groups in total. The molecule has 10 nitrogen and oxygen atoms in total. The van der Waals surface area contributed by atoms with Crippen LogP contribution in [0.5, 0.6) is 28.7 Å². The number of hydrogen-bond acceptors (Lipinski definition) is 8. The predicted octanol–water partition coefficient (Wildman–Crippen LogP) is 4.99. The highest BCUT2D eigenvalue weighted by Gasteiger charge is 2.37. The normalized spacial score (nSPS) is 14.2.